The summed E-state index contributed by atoms with van der Waals surface area (Å²) in [6.45, 7) is 2.02. The van der Waals surface area contributed by atoms with E-state index in [1.165, 1.54) is 0 Å². The smallest absolute Gasteiger partial charge is 0.0839 e. The number of benzene rings is 1. The summed E-state index contributed by atoms with van der Waals surface area (Å²) in [5.41, 5.74) is 2.90. The van der Waals surface area contributed by atoms with Gasteiger partial charge >= 0.3 is 0 Å². The molecule has 0 radical (unpaired) electrons. The van der Waals surface area contributed by atoms with E-state index in [4.69, 9.17) is 16.7 Å². The molecule has 0 heterocycles. The summed E-state index contributed by atoms with van der Waals surface area (Å²) < 4.78 is 0. The first-order valence-electron chi connectivity index (χ1n) is 4.03. The van der Waals surface area contributed by atoms with Crippen LogP contribution in [0.15, 0.2) is 18.2 Å². The van der Waals surface area contributed by atoms with Gasteiger partial charge in [0.25, 0.3) is 0 Å². The van der Waals surface area contributed by atoms with Crippen LogP contribution >= 0.6 is 11.6 Å². The molecule has 0 atom stereocenters. The number of aliphatic hydroxyl groups is 1. The van der Waals surface area contributed by atoms with Crippen LogP contribution in [0, 0.1) is 18.8 Å². The molecule has 1 aromatic rings. The number of halogens is 1. The van der Waals surface area contributed by atoms with E-state index in [1.807, 2.05) is 25.1 Å². The van der Waals surface area contributed by atoms with Crippen molar-refractivity contribution in [3.63, 3.8) is 0 Å². The van der Waals surface area contributed by atoms with Crippen molar-refractivity contribution in [1.82, 2.24) is 0 Å². The number of hydrogen-bond donors (Lipinski definition) is 1. The van der Waals surface area contributed by atoms with Crippen molar-refractivity contribution < 1.29 is 5.11 Å². The molecule has 68 valence electrons. The maximum atomic E-state index is 8.99. The Bertz CT molecular complexity index is 347. The molecule has 0 saturated heterocycles. The fourth-order valence-corrected chi connectivity index (χ4v) is 1.12. The molecular weight excluding hydrogens is 184 g/mol. The van der Waals surface area contributed by atoms with E-state index in [2.05, 4.69) is 11.8 Å². The Morgan fingerprint density at radius 3 is 2.85 bits per heavy atom. The van der Waals surface area contributed by atoms with Gasteiger partial charge in [-0.15, -0.1) is 11.6 Å². The summed E-state index contributed by atoms with van der Waals surface area (Å²) in [4.78, 5) is 0. The molecule has 1 rings (SSSR count). The number of hydrogen-bond acceptors (Lipinski definition) is 1. The van der Waals surface area contributed by atoms with E-state index in [0.29, 0.717) is 5.88 Å². The lowest BCUT2D eigenvalue weighted by Gasteiger charge is -2.01. The van der Waals surface area contributed by atoms with Crippen LogP contribution in [0.25, 0.3) is 0 Å². The van der Waals surface area contributed by atoms with Crippen LogP contribution < -0.4 is 0 Å². The molecule has 13 heavy (non-hydrogen) atoms. The van der Waals surface area contributed by atoms with Crippen molar-refractivity contribution in [2.75, 3.05) is 5.88 Å². The summed E-state index contributed by atoms with van der Waals surface area (Å²) in [6.07, 6.45) is 0. The molecule has 0 aromatic heterocycles. The topological polar surface area (TPSA) is 20.2 Å². The molecule has 0 fully saturated rings. The third-order valence-corrected chi connectivity index (χ3v) is 1.95. The summed E-state index contributed by atoms with van der Waals surface area (Å²) in [5, 5.41) is 8.99. The first-order chi connectivity index (χ1) is 6.27. The first-order valence-corrected chi connectivity index (χ1v) is 4.56. The lowest BCUT2D eigenvalue weighted by Crippen LogP contribution is -1.89. The van der Waals surface area contributed by atoms with Crippen LogP contribution in [0.1, 0.15) is 16.7 Å². The van der Waals surface area contributed by atoms with Crippen molar-refractivity contribution in [1.29, 1.82) is 0 Å². The van der Waals surface area contributed by atoms with Crippen LogP contribution in [-0.2, 0) is 6.61 Å². The number of alkyl halides is 1. The van der Waals surface area contributed by atoms with Gasteiger partial charge in [0, 0.05) is 5.56 Å². The molecular formula is C11H11ClO. The van der Waals surface area contributed by atoms with Crippen LogP contribution in [0.3, 0.4) is 0 Å². The summed E-state index contributed by atoms with van der Waals surface area (Å²) in [7, 11) is 0. The SMILES string of the molecule is Cc1ccc(C#CCCl)cc1CO. The third-order valence-electron chi connectivity index (χ3n) is 1.82. The van der Waals surface area contributed by atoms with Crippen molar-refractivity contribution in [3.8, 4) is 11.8 Å². The van der Waals surface area contributed by atoms with Crippen molar-refractivity contribution in [3.05, 3.63) is 34.9 Å². The van der Waals surface area contributed by atoms with E-state index in [1.54, 1.807) is 0 Å². The zero-order valence-electron chi connectivity index (χ0n) is 7.47. The largest absolute Gasteiger partial charge is 0.392 e. The van der Waals surface area contributed by atoms with Crippen LogP contribution in [0.4, 0.5) is 0 Å². The normalized spacial score (nSPS) is 9.15. The highest BCUT2D eigenvalue weighted by Gasteiger charge is 1.96. The second kappa shape index (κ2) is 4.91. The fourth-order valence-electron chi connectivity index (χ4n) is 1.06. The van der Waals surface area contributed by atoms with Gasteiger partial charge in [0.1, 0.15) is 0 Å². The monoisotopic (exact) mass is 194 g/mol. The molecule has 0 spiro atoms. The van der Waals surface area contributed by atoms with Gasteiger partial charge in [-0.2, -0.15) is 0 Å². The zero-order chi connectivity index (χ0) is 9.68. The second-order valence-corrected chi connectivity index (χ2v) is 3.00. The van der Waals surface area contributed by atoms with Gasteiger partial charge in [0.2, 0.25) is 0 Å². The number of aryl methyl sites for hydroxylation is 1. The van der Waals surface area contributed by atoms with Gasteiger partial charge in [-0.05, 0) is 30.2 Å². The minimum Gasteiger partial charge on any atom is -0.392 e. The summed E-state index contributed by atoms with van der Waals surface area (Å²) in [6, 6.07) is 5.76. The molecule has 0 unspecified atom stereocenters. The number of rotatable bonds is 1. The maximum Gasteiger partial charge on any atom is 0.0839 e. The van der Waals surface area contributed by atoms with Crippen LogP contribution in [0.2, 0.25) is 0 Å². The highest BCUT2D eigenvalue weighted by Crippen LogP contribution is 2.10. The van der Waals surface area contributed by atoms with E-state index in [0.717, 1.165) is 16.7 Å². The van der Waals surface area contributed by atoms with Gasteiger partial charge in [0.05, 0.1) is 12.5 Å². The molecule has 0 saturated carbocycles. The highest BCUT2D eigenvalue weighted by molar-refractivity contribution is 6.19. The van der Waals surface area contributed by atoms with Crippen LogP contribution in [0.5, 0.6) is 0 Å². The van der Waals surface area contributed by atoms with Gasteiger partial charge in [-0.25, -0.2) is 0 Å². The minimum absolute atomic E-state index is 0.0578. The Hall–Kier alpha value is -0.970. The van der Waals surface area contributed by atoms with Crippen molar-refractivity contribution >= 4 is 11.6 Å². The Morgan fingerprint density at radius 2 is 2.23 bits per heavy atom. The first kappa shape index (κ1) is 10.1. The van der Waals surface area contributed by atoms with E-state index in [9.17, 15) is 0 Å². The van der Waals surface area contributed by atoms with Gasteiger partial charge < -0.3 is 5.11 Å². The Kier molecular flexibility index (Phi) is 3.82. The van der Waals surface area contributed by atoms with E-state index in [-0.39, 0.29) is 6.61 Å². The fraction of sp³-hybridized carbons (Fsp3) is 0.273. The average molecular weight is 195 g/mol. The Balaban J connectivity index is 2.99. The molecule has 0 aliphatic rings. The van der Waals surface area contributed by atoms with Gasteiger partial charge in [0.15, 0.2) is 0 Å². The third kappa shape index (κ3) is 2.77. The predicted octanol–water partition coefficient (Wildman–Crippen LogP) is 2.08. The molecule has 0 aliphatic carbocycles. The second-order valence-electron chi connectivity index (χ2n) is 2.73. The predicted molar refractivity (Wildman–Crippen MR) is 54.7 cm³/mol. The molecule has 0 amide bonds. The lowest BCUT2D eigenvalue weighted by atomic mass is 10.1. The molecule has 0 aliphatic heterocycles. The Labute approximate surface area is 83.4 Å². The van der Waals surface area contributed by atoms with Crippen molar-refractivity contribution in [2.24, 2.45) is 0 Å². The van der Waals surface area contributed by atoms with Crippen LogP contribution in [-0.4, -0.2) is 11.0 Å². The minimum atomic E-state index is 0.0578. The highest BCUT2D eigenvalue weighted by atomic mass is 35.5. The molecule has 2 heteroatoms. The average Bonchev–Trinajstić information content (AvgIpc) is 2.16. The summed E-state index contributed by atoms with van der Waals surface area (Å²) >= 11 is 5.43. The maximum absolute atomic E-state index is 8.99. The van der Waals surface area contributed by atoms with Crippen molar-refractivity contribution in [2.45, 2.75) is 13.5 Å². The quantitative estimate of drug-likeness (QED) is 0.536. The molecule has 1 aromatic carbocycles. The Morgan fingerprint density at radius 1 is 1.46 bits per heavy atom. The summed E-state index contributed by atoms with van der Waals surface area (Å²) in [5.74, 6) is 6.01. The number of aliphatic hydroxyl groups excluding tert-OH is 1. The van der Waals surface area contributed by atoms with Gasteiger partial charge in [-0.3, -0.25) is 0 Å². The van der Waals surface area contributed by atoms with E-state index >= 15 is 0 Å². The molecule has 1 N–H and O–H groups in total. The molecule has 0 bridgehead atoms. The lowest BCUT2D eigenvalue weighted by molar-refractivity contribution is 0.281. The standard InChI is InChI=1S/C11H11ClO/c1-9-4-5-10(3-2-6-12)7-11(9)8-13/h4-5,7,13H,6,8H2,1H3. The molecule has 1 nitrogen and oxygen atoms in total. The van der Waals surface area contributed by atoms with Gasteiger partial charge in [-0.1, -0.05) is 17.9 Å². The zero-order valence-corrected chi connectivity index (χ0v) is 8.23. The van der Waals surface area contributed by atoms with E-state index < -0.39 is 0 Å².